The number of aliphatic carboxylic acids is 1. The SMILES string of the molecule is O=C(O)Cn1cc(C(=O)NCCC2CCOC2)nn1. The zero-order valence-corrected chi connectivity index (χ0v) is 10.4. The molecule has 1 unspecified atom stereocenters. The van der Waals surface area contributed by atoms with Crippen molar-refractivity contribution in [3.8, 4) is 0 Å². The summed E-state index contributed by atoms with van der Waals surface area (Å²) in [6, 6.07) is 0. The van der Waals surface area contributed by atoms with Gasteiger partial charge in [0, 0.05) is 19.8 Å². The summed E-state index contributed by atoms with van der Waals surface area (Å²) in [5, 5.41) is 18.5. The maximum Gasteiger partial charge on any atom is 0.325 e. The van der Waals surface area contributed by atoms with Crippen molar-refractivity contribution in [2.75, 3.05) is 19.8 Å². The van der Waals surface area contributed by atoms with Gasteiger partial charge in [-0.3, -0.25) is 9.59 Å². The van der Waals surface area contributed by atoms with Crippen molar-refractivity contribution in [2.45, 2.75) is 19.4 Å². The number of nitrogens with one attached hydrogen (secondary N) is 1. The molecule has 0 radical (unpaired) electrons. The van der Waals surface area contributed by atoms with Gasteiger partial charge in [-0.05, 0) is 18.8 Å². The molecule has 8 nitrogen and oxygen atoms in total. The van der Waals surface area contributed by atoms with Gasteiger partial charge in [0.1, 0.15) is 6.54 Å². The first-order valence-electron chi connectivity index (χ1n) is 6.13. The third-order valence-corrected chi connectivity index (χ3v) is 2.93. The van der Waals surface area contributed by atoms with Crippen molar-refractivity contribution in [2.24, 2.45) is 5.92 Å². The van der Waals surface area contributed by atoms with E-state index in [1.54, 1.807) is 0 Å². The first kappa shape index (κ1) is 13.5. The third-order valence-electron chi connectivity index (χ3n) is 2.93. The zero-order valence-electron chi connectivity index (χ0n) is 10.4. The second-order valence-electron chi connectivity index (χ2n) is 4.47. The summed E-state index contributed by atoms with van der Waals surface area (Å²) in [6.45, 7) is 1.80. The molecule has 19 heavy (non-hydrogen) atoms. The van der Waals surface area contributed by atoms with Crippen LogP contribution in [0.15, 0.2) is 6.20 Å². The number of hydrogen-bond acceptors (Lipinski definition) is 5. The summed E-state index contributed by atoms with van der Waals surface area (Å²) in [7, 11) is 0. The Labute approximate surface area is 109 Å². The van der Waals surface area contributed by atoms with Crippen LogP contribution in [0, 0.1) is 5.92 Å². The van der Waals surface area contributed by atoms with Crippen LogP contribution in [0.4, 0.5) is 0 Å². The molecule has 0 bridgehead atoms. The van der Waals surface area contributed by atoms with Crippen LogP contribution < -0.4 is 5.32 Å². The standard InChI is InChI=1S/C11H16N4O4/c16-10(17)6-15-5-9(13-14-15)11(18)12-3-1-8-2-4-19-7-8/h5,8H,1-4,6-7H2,(H,12,18)(H,16,17). The Kier molecular flexibility index (Phi) is 4.45. The molecule has 0 saturated carbocycles. The smallest absolute Gasteiger partial charge is 0.325 e. The number of nitrogens with zero attached hydrogens (tertiary/aromatic N) is 3. The van der Waals surface area contributed by atoms with E-state index in [4.69, 9.17) is 9.84 Å². The Morgan fingerprint density at radius 1 is 1.58 bits per heavy atom. The Bertz CT molecular complexity index is 453. The molecule has 0 spiro atoms. The topological polar surface area (TPSA) is 106 Å². The predicted octanol–water partition coefficient (Wildman–Crippen LogP) is -0.481. The van der Waals surface area contributed by atoms with Crippen LogP contribution in [0.2, 0.25) is 0 Å². The van der Waals surface area contributed by atoms with Crippen LogP contribution in [0.5, 0.6) is 0 Å². The first-order valence-corrected chi connectivity index (χ1v) is 6.13. The summed E-state index contributed by atoms with van der Waals surface area (Å²) in [5.41, 5.74) is 0.129. The van der Waals surface area contributed by atoms with Gasteiger partial charge in [0.25, 0.3) is 5.91 Å². The number of carboxylic acid groups (broad SMARTS) is 1. The number of amides is 1. The minimum absolute atomic E-state index is 0.129. The van der Waals surface area contributed by atoms with Gasteiger partial charge in [-0.1, -0.05) is 5.21 Å². The Morgan fingerprint density at radius 3 is 3.11 bits per heavy atom. The van der Waals surface area contributed by atoms with E-state index in [-0.39, 0.29) is 18.1 Å². The molecular formula is C11H16N4O4. The summed E-state index contributed by atoms with van der Waals surface area (Å²) in [4.78, 5) is 22.2. The fourth-order valence-corrected chi connectivity index (χ4v) is 1.91. The minimum Gasteiger partial charge on any atom is -0.480 e. The molecule has 2 heterocycles. The number of rotatable bonds is 6. The second kappa shape index (κ2) is 6.28. The fourth-order valence-electron chi connectivity index (χ4n) is 1.91. The molecule has 2 N–H and O–H groups in total. The molecule has 1 aliphatic rings. The van der Waals surface area contributed by atoms with Crippen molar-refractivity contribution in [1.82, 2.24) is 20.3 Å². The van der Waals surface area contributed by atoms with Crippen LogP contribution in [0.3, 0.4) is 0 Å². The molecule has 8 heteroatoms. The average Bonchev–Trinajstić information content (AvgIpc) is 2.99. The molecular weight excluding hydrogens is 252 g/mol. The normalized spacial score (nSPS) is 18.4. The van der Waals surface area contributed by atoms with E-state index < -0.39 is 5.97 Å². The Balaban J connectivity index is 1.75. The quantitative estimate of drug-likeness (QED) is 0.721. The number of aromatic nitrogens is 3. The minimum atomic E-state index is -1.03. The van der Waals surface area contributed by atoms with Crippen molar-refractivity contribution >= 4 is 11.9 Å². The van der Waals surface area contributed by atoms with E-state index in [0.29, 0.717) is 12.5 Å². The van der Waals surface area contributed by atoms with Crippen LogP contribution in [-0.2, 0) is 16.1 Å². The highest BCUT2D eigenvalue weighted by Crippen LogP contribution is 2.15. The summed E-state index contributed by atoms with van der Waals surface area (Å²) in [6.07, 6.45) is 3.22. The lowest BCUT2D eigenvalue weighted by Gasteiger charge is -2.07. The van der Waals surface area contributed by atoms with Gasteiger partial charge in [-0.15, -0.1) is 5.10 Å². The van der Waals surface area contributed by atoms with Crippen LogP contribution in [0.1, 0.15) is 23.3 Å². The van der Waals surface area contributed by atoms with E-state index in [1.807, 2.05) is 0 Å². The van der Waals surface area contributed by atoms with Gasteiger partial charge in [0.2, 0.25) is 0 Å². The van der Waals surface area contributed by atoms with Crippen LogP contribution in [-0.4, -0.2) is 51.7 Å². The van der Waals surface area contributed by atoms with E-state index in [9.17, 15) is 9.59 Å². The lowest BCUT2D eigenvalue weighted by molar-refractivity contribution is -0.137. The van der Waals surface area contributed by atoms with Gasteiger partial charge in [0.05, 0.1) is 6.20 Å². The molecule has 2 rings (SSSR count). The van der Waals surface area contributed by atoms with Crippen molar-refractivity contribution in [1.29, 1.82) is 0 Å². The molecule has 1 saturated heterocycles. The molecule has 1 aliphatic heterocycles. The van der Waals surface area contributed by atoms with E-state index in [1.165, 1.54) is 6.20 Å². The van der Waals surface area contributed by atoms with E-state index >= 15 is 0 Å². The van der Waals surface area contributed by atoms with Crippen LogP contribution in [0.25, 0.3) is 0 Å². The molecule has 1 aromatic heterocycles. The molecule has 1 atom stereocenters. The highest BCUT2D eigenvalue weighted by atomic mass is 16.5. The lowest BCUT2D eigenvalue weighted by Crippen LogP contribution is -2.26. The first-order chi connectivity index (χ1) is 9.15. The lowest BCUT2D eigenvalue weighted by atomic mass is 10.1. The zero-order chi connectivity index (χ0) is 13.7. The number of hydrogen-bond donors (Lipinski definition) is 2. The highest BCUT2D eigenvalue weighted by Gasteiger charge is 2.16. The summed E-state index contributed by atoms with van der Waals surface area (Å²) in [5.74, 6) is -0.864. The maximum atomic E-state index is 11.7. The number of ether oxygens (including phenoxy) is 1. The second-order valence-corrected chi connectivity index (χ2v) is 4.47. The number of carboxylic acids is 1. The maximum absolute atomic E-state index is 11.7. The van der Waals surface area contributed by atoms with Crippen molar-refractivity contribution in [3.05, 3.63) is 11.9 Å². The molecule has 1 aromatic rings. The molecule has 0 aliphatic carbocycles. The summed E-state index contributed by atoms with van der Waals surface area (Å²) < 4.78 is 6.36. The number of carbonyl (C=O) groups excluding carboxylic acids is 1. The van der Waals surface area contributed by atoms with Gasteiger partial charge in [-0.25, -0.2) is 4.68 Å². The molecule has 104 valence electrons. The highest BCUT2D eigenvalue weighted by molar-refractivity contribution is 5.91. The summed E-state index contributed by atoms with van der Waals surface area (Å²) >= 11 is 0. The molecule has 0 aromatic carbocycles. The average molecular weight is 268 g/mol. The molecule has 1 fully saturated rings. The van der Waals surface area contributed by atoms with Gasteiger partial charge in [0.15, 0.2) is 5.69 Å². The monoisotopic (exact) mass is 268 g/mol. The van der Waals surface area contributed by atoms with Crippen molar-refractivity contribution < 1.29 is 19.4 Å². The third kappa shape index (κ3) is 4.02. The Morgan fingerprint density at radius 2 is 2.42 bits per heavy atom. The van der Waals surface area contributed by atoms with Gasteiger partial charge < -0.3 is 15.2 Å². The predicted molar refractivity (Wildman–Crippen MR) is 63.5 cm³/mol. The van der Waals surface area contributed by atoms with Gasteiger partial charge >= 0.3 is 5.97 Å². The van der Waals surface area contributed by atoms with Crippen molar-refractivity contribution in [3.63, 3.8) is 0 Å². The largest absolute Gasteiger partial charge is 0.480 e. The van der Waals surface area contributed by atoms with Gasteiger partial charge in [-0.2, -0.15) is 0 Å². The van der Waals surface area contributed by atoms with E-state index in [2.05, 4.69) is 15.6 Å². The Hall–Kier alpha value is -1.96. The molecule has 1 amide bonds. The van der Waals surface area contributed by atoms with Crippen LogP contribution >= 0.6 is 0 Å². The van der Waals surface area contributed by atoms with E-state index in [0.717, 1.165) is 30.7 Å². The fraction of sp³-hybridized carbons (Fsp3) is 0.636. The number of carbonyl (C=O) groups is 2.